The lowest BCUT2D eigenvalue weighted by Gasteiger charge is -2.16. The molecule has 4 rings (SSSR count). The predicted octanol–water partition coefficient (Wildman–Crippen LogP) is 4.27. The fraction of sp³-hybridized carbons (Fsp3) is 0.0952. The number of fused-ring (bicyclic) bond motifs is 1. The number of nitrogens with zero attached hydrogens (tertiary/aromatic N) is 3. The normalized spacial score (nSPS) is 11.0. The Morgan fingerprint density at radius 1 is 0.962 bits per heavy atom. The van der Waals surface area contributed by atoms with Crippen LogP contribution in [0.4, 0.5) is 0 Å². The van der Waals surface area contributed by atoms with E-state index in [0.29, 0.717) is 22.3 Å². The molecule has 0 atom stereocenters. The van der Waals surface area contributed by atoms with E-state index in [1.807, 2.05) is 64.6 Å². The molecule has 0 aliphatic carbocycles. The first-order valence-corrected chi connectivity index (χ1v) is 8.78. The molecule has 0 radical (unpaired) electrons. The minimum absolute atomic E-state index is 0.0472. The van der Waals surface area contributed by atoms with Crippen molar-refractivity contribution in [2.45, 2.75) is 13.5 Å². The molecular weight excluding hydrogens is 342 g/mol. The summed E-state index contributed by atoms with van der Waals surface area (Å²) in [5, 5.41) is 0.598. The van der Waals surface area contributed by atoms with Gasteiger partial charge in [-0.05, 0) is 36.8 Å². The third kappa shape index (κ3) is 2.86. The van der Waals surface area contributed by atoms with Gasteiger partial charge in [-0.2, -0.15) is 0 Å². The van der Waals surface area contributed by atoms with Crippen molar-refractivity contribution in [3.63, 3.8) is 0 Å². The Labute approximate surface area is 156 Å². The summed E-state index contributed by atoms with van der Waals surface area (Å²) in [6, 6.07) is 21.4. The highest BCUT2D eigenvalue weighted by molar-refractivity contribution is 7.71. The largest absolute Gasteiger partial charge is 0.328 e. The first kappa shape index (κ1) is 16.4. The maximum atomic E-state index is 12.6. The van der Waals surface area contributed by atoms with E-state index in [0.717, 1.165) is 16.9 Å². The molecule has 4 aromatic rings. The number of rotatable bonds is 3. The average molecular weight is 359 g/mol. The number of para-hydroxylation sites is 1. The van der Waals surface area contributed by atoms with Crippen LogP contribution in [-0.2, 0) is 6.54 Å². The van der Waals surface area contributed by atoms with Crippen molar-refractivity contribution in [3.8, 4) is 5.69 Å². The molecule has 0 saturated heterocycles. The second-order valence-electron chi connectivity index (χ2n) is 6.14. The minimum Gasteiger partial charge on any atom is -0.328 e. The van der Waals surface area contributed by atoms with Gasteiger partial charge in [-0.1, -0.05) is 48.5 Å². The quantitative estimate of drug-likeness (QED) is 0.513. The zero-order valence-corrected chi connectivity index (χ0v) is 15.1. The van der Waals surface area contributed by atoms with E-state index in [1.54, 1.807) is 12.3 Å². The van der Waals surface area contributed by atoms with Gasteiger partial charge in [-0.15, -0.1) is 0 Å². The van der Waals surface area contributed by atoms with Crippen LogP contribution < -0.4 is 5.43 Å². The molecule has 2 aromatic carbocycles. The van der Waals surface area contributed by atoms with Gasteiger partial charge in [-0.25, -0.2) is 4.98 Å². The van der Waals surface area contributed by atoms with E-state index in [2.05, 4.69) is 17.1 Å². The summed E-state index contributed by atoms with van der Waals surface area (Å²) in [5.41, 5.74) is 3.42. The highest BCUT2D eigenvalue weighted by Gasteiger charge is 2.13. The molecule has 2 aromatic heterocycles. The van der Waals surface area contributed by atoms with Crippen LogP contribution >= 0.6 is 12.2 Å². The molecule has 26 heavy (non-hydrogen) atoms. The van der Waals surface area contributed by atoms with Gasteiger partial charge in [0.15, 0.2) is 5.43 Å². The summed E-state index contributed by atoms with van der Waals surface area (Å²) in [7, 11) is 0. The Morgan fingerprint density at radius 2 is 1.62 bits per heavy atom. The zero-order valence-electron chi connectivity index (χ0n) is 14.3. The summed E-state index contributed by atoms with van der Waals surface area (Å²) >= 11 is 5.55. The highest BCUT2D eigenvalue weighted by Crippen LogP contribution is 2.19. The third-order valence-electron chi connectivity index (χ3n) is 4.45. The number of benzene rings is 2. The number of hydrogen-bond donors (Lipinski definition) is 0. The molecule has 0 spiro atoms. The molecule has 0 bridgehead atoms. The van der Waals surface area contributed by atoms with Gasteiger partial charge in [0.05, 0.1) is 5.39 Å². The number of hydrogen-bond acceptors (Lipinski definition) is 3. The van der Waals surface area contributed by atoms with Gasteiger partial charge < -0.3 is 4.57 Å². The molecule has 0 aliphatic heterocycles. The molecule has 0 saturated carbocycles. The molecule has 128 valence electrons. The van der Waals surface area contributed by atoms with Crippen molar-refractivity contribution < 1.29 is 0 Å². The fourth-order valence-electron chi connectivity index (χ4n) is 3.21. The van der Waals surface area contributed by atoms with Gasteiger partial charge in [-0.3, -0.25) is 9.36 Å². The Morgan fingerprint density at radius 3 is 2.31 bits per heavy atom. The molecule has 2 heterocycles. The van der Waals surface area contributed by atoms with Crippen molar-refractivity contribution >= 4 is 23.3 Å². The number of aromatic nitrogens is 3. The van der Waals surface area contributed by atoms with Crippen LogP contribution in [0.25, 0.3) is 16.7 Å². The lowest BCUT2D eigenvalue weighted by molar-refractivity contribution is 0.799. The summed E-state index contributed by atoms with van der Waals surface area (Å²) in [4.78, 5) is 17.2. The first-order valence-electron chi connectivity index (χ1n) is 8.37. The molecule has 0 unspecified atom stereocenters. The van der Waals surface area contributed by atoms with Crippen LogP contribution in [0.2, 0.25) is 0 Å². The SMILES string of the molecule is Cc1c2c(=O)ccn(Cc3ccccc3)c2nc(=S)n1-c1ccccc1. The highest BCUT2D eigenvalue weighted by atomic mass is 32.1. The van der Waals surface area contributed by atoms with E-state index in [-0.39, 0.29) is 5.43 Å². The van der Waals surface area contributed by atoms with Crippen molar-refractivity contribution in [1.29, 1.82) is 0 Å². The van der Waals surface area contributed by atoms with Gasteiger partial charge in [0.25, 0.3) is 0 Å². The van der Waals surface area contributed by atoms with E-state index in [9.17, 15) is 4.79 Å². The van der Waals surface area contributed by atoms with Crippen LogP contribution in [0.3, 0.4) is 0 Å². The van der Waals surface area contributed by atoms with Gasteiger partial charge in [0.1, 0.15) is 5.65 Å². The van der Waals surface area contributed by atoms with E-state index in [4.69, 9.17) is 12.2 Å². The molecule has 0 aliphatic rings. The molecule has 5 heteroatoms. The van der Waals surface area contributed by atoms with Crippen molar-refractivity contribution in [2.24, 2.45) is 0 Å². The lowest BCUT2D eigenvalue weighted by Crippen LogP contribution is -2.16. The number of pyridine rings is 1. The van der Waals surface area contributed by atoms with Crippen LogP contribution in [0, 0.1) is 11.7 Å². The molecule has 0 N–H and O–H groups in total. The van der Waals surface area contributed by atoms with E-state index in [1.165, 1.54) is 0 Å². The molecule has 0 fully saturated rings. The van der Waals surface area contributed by atoms with Gasteiger partial charge in [0, 0.05) is 30.2 Å². The second-order valence-corrected chi connectivity index (χ2v) is 6.51. The Balaban J connectivity index is 1.98. The van der Waals surface area contributed by atoms with E-state index < -0.39 is 0 Å². The zero-order chi connectivity index (χ0) is 18.1. The Bertz CT molecular complexity index is 1200. The van der Waals surface area contributed by atoms with Gasteiger partial charge >= 0.3 is 0 Å². The molecule has 4 nitrogen and oxygen atoms in total. The number of aryl methyl sites for hydroxylation is 1. The smallest absolute Gasteiger partial charge is 0.206 e. The lowest BCUT2D eigenvalue weighted by atomic mass is 10.2. The van der Waals surface area contributed by atoms with Crippen molar-refractivity contribution in [3.05, 3.63) is 99.2 Å². The van der Waals surface area contributed by atoms with Crippen molar-refractivity contribution in [1.82, 2.24) is 14.1 Å². The molecular formula is C21H17N3OS. The fourth-order valence-corrected chi connectivity index (χ4v) is 3.54. The Hall–Kier alpha value is -3.05. The monoisotopic (exact) mass is 359 g/mol. The maximum absolute atomic E-state index is 12.6. The summed E-state index contributed by atoms with van der Waals surface area (Å²) < 4.78 is 4.27. The third-order valence-corrected chi connectivity index (χ3v) is 4.72. The summed E-state index contributed by atoms with van der Waals surface area (Å²) in [5.74, 6) is 0. The summed E-state index contributed by atoms with van der Waals surface area (Å²) in [6.45, 7) is 2.55. The van der Waals surface area contributed by atoms with Crippen LogP contribution in [0.5, 0.6) is 0 Å². The van der Waals surface area contributed by atoms with Gasteiger partial charge in [0.2, 0.25) is 4.77 Å². The average Bonchev–Trinajstić information content (AvgIpc) is 2.65. The molecule has 0 amide bonds. The topological polar surface area (TPSA) is 39.8 Å². The Kier molecular flexibility index (Phi) is 4.22. The van der Waals surface area contributed by atoms with E-state index >= 15 is 0 Å². The standard InChI is InChI=1S/C21H17N3OS/c1-15-19-18(25)12-13-23(14-16-8-4-2-5-9-16)20(19)22-21(26)24(15)17-10-6-3-7-11-17/h2-13H,14H2,1H3. The summed E-state index contributed by atoms with van der Waals surface area (Å²) in [6.07, 6.45) is 1.78. The van der Waals surface area contributed by atoms with Crippen LogP contribution in [0.15, 0.2) is 77.7 Å². The maximum Gasteiger partial charge on any atom is 0.206 e. The van der Waals surface area contributed by atoms with Crippen LogP contribution in [0.1, 0.15) is 11.3 Å². The minimum atomic E-state index is -0.0472. The second kappa shape index (κ2) is 6.69. The van der Waals surface area contributed by atoms with Crippen LogP contribution in [-0.4, -0.2) is 14.1 Å². The first-order chi connectivity index (χ1) is 12.6. The predicted molar refractivity (Wildman–Crippen MR) is 106 cm³/mol. The van der Waals surface area contributed by atoms with Crippen molar-refractivity contribution in [2.75, 3.05) is 0 Å².